The molecule has 0 aliphatic carbocycles. The van der Waals surface area contributed by atoms with Gasteiger partial charge in [0.1, 0.15) is 11.9 Å². The molecule has 0 radical (unpaired) electrons. The Morgan fingerprint density at radius 1 is 1.35 bits per heavy atom. The average Bonchev–Trinajstić information content (AvgIpc) is 2.29. The maximum Gasteiger partial charge on any atom is 0.139 e. The topological polar surface area (TPSA) is 25.4 Å². The summed E-state index contributed by atoms with van der Waals surface area (Å²) in [5.74, 6) is 0.778. The predicted octanol–water partition coefficient (Wildman–Crippen LogP) is 2.99. The zero-order chi connectivity index (χ0) is 12.3. The van der Waals surface area contributed by atoms with Crippen molar-refractivity contribution in [2.75, 3.05) is 13.1 Å². The van der Waals surface area contributed by atoms with E-state index in [0.29, 0.717) is 17.2 Å². The van der Waals surface area contributed by atoms with Crippen molar-refractivity contribution in [1.82, 2.24) is 9.88 Å². The monoisotopic (exact) mass is 254 g/mol. The second kappa shape index (κ2) is 5.69. The highest BCUT2D eigenvalue weighted by Crippen LogP contribution is 2.21. The van der Waals surface area contributed by atoms with Crippen LogP contribution in [0.1, 0.15) is 26.7 Å². The number of ether oxygens (including phenoxy) is 1. The molecular weight excluding hydrogens is 236 g/mol. The van der Waals surface area contributed by atoms with Crippen molar-refractivity contribution < 1.29 is 4.74 Å². The number of piperidine rings is 1. The van der Waals surface area contributed by atoms with E-state index in [2.05, 4.69) is 23.7 Å². The molecule has 0 N–H and O–H groups in total. The molecule has 1 aliphatic heterocycles. The fourth-order valence-corrected chi connectivity index (χ4v) is 2.32. The molecule has 1 aromatic heterocycles. The van der Waals surface area contributed by atoms with E-state index in [1.165, 1.54) is 0 Å². The van der Waals surface area contributed by atoms with Gasteiger partial charge in [0.25, 0.3) is 0 Å². The first-order chi connectivity index (χ1) is 8.15. The van der Waals surface area contributed by atoms with E-state index >= 15 is 0 Å². The number of aromatic nitrogens is 1. The summed E-state index contributed by atoms with van der Waals surface area (Å²) in [5, 5.41) is 0.627. The van der Waals surface area contributed by atoms with Crippen molar-refractivity contribution in [3.05, 3.63) is 23.5 Å². The molecule has 4 heteroatoms. The van der Waals surface area contributed by atoms with Crippen LogP contribution >= 0.6 is 11.6 Å². The highest BCUT2D eigenvalue weighted by Gasteiger charge is 2.21. The highest BCUT2D eigenvalue weighted by molar-refractivity contribution is 6.30. The number of hydrogen-bond donors (Lipinski definition) is 0. The SMILES string of the molecule is CC(C)N1CCC(Oc2cncc(Cl)c2)CC1. The van der Waals surface area contributed by atoms with Gasteiger partial charge in [-0.05, 0) is 26.7 Å². The third-order valence-corrected chi connectivity index (χ3v) is 3.40. The van der Waals surface area contributed by atoms with Crippen LogP contribution in [0, 0.1) is 0 Å². The Morgan fingerprint density at radius 2 is 2.06 bits per heavy atom. The fraction of sp³-hybridized carbons (Fsp3) is 0.615. The van der Waals surface area contributed by atoms with E-state index in [9.17, 15) is 0 Å². The minimum atomic E-state index is 0.297. The Hall–Kier alpha value is -0.800. The standard InChI is InChI=1S/C13H19ClN2O/c1-10(2)16-5-3-12(4-6-16)17-13-7-11(14)8-15-9-13/h7-10,12H,3-6H2,1-2H3. The van der Waals surface area contributed by atoms with Crippen LogP contribution in [-0.4, -0.2) is 35.1 Å². The van der Waals surface area contributed by atoms with Gasteiger partial charge in [0.2, 0.25) is 0 Å². The first-order valence-electron chi connectivity index (χ1n) is 6.16. The van der Waals surface area contributed by atoms with Crippen molar-refractivity contribution in [3.63, 3.8) is 0 Å². The number of halogens is 1. The summed E-state index contributed by atoms with van der Waals surface area (Å²) in [4.78, 5) is 6.51. The molecule has 1 fully saturated rings. The van der Waals surface area contributed by atoms with Gasteiger partial charge in [-0.2, -0.15) is 0 Å². The molecule has 3 nitrogen and oxygen atoms in total. The molecular formula is C13H19ClN2O. The molecule has 0 saturated carbocycles. The van der Waals surface area contributed by atoms with E-state index in [4.69, 9.17) is 16.3 Å². The summed E-state index contributed by atoms with van der Waals surface area (Å²) >= 11 is 5.88. The lowest BCUT2D eigenvalue weighted by atomic mass is 10.1. The van der Waals surface area contributed by atoms with Crippen LogP contribution in [0.25, 0.3) is 0 Å². The van der Waals surface area contributed by atoms with Gasteiger partial charge >= 0.3 is 0 Å². The number of pyridine rings is 1. The van der Waals surface area contributed by atoms with Gasteiger partial charge in [0, 0.05) is 31.4 Å². The van der Waals surface area contributed by atoms with Gasteiger partial charge in [-0.3, -0.25) is 4.98 Å². The zero-order valence-corrected chi connectivity index (χ0v) is 11.2. The summed E-state index contributed by atoms with van der Waals surface area (Å²) < 4.78 is 5.89. The van der Waals surface area contributed by atoms with Crippen LogP contribution in [0.2, 0.25) is 5.02 Å². The van der Waals surface area contributed by atoms with E-state index in [-0.39, 0.29) is 0 Å². The lowest BCUT2D eigenvalue weighted by molar-refractivity contribution is 0.0841. The maximum absolute atomic E-state index is 5.89. The van der Waals surface area contributed by atoms with Crippen LogP contribution in [-0.2, 0) is 0 Å². The number of nitrogens with zero attached hydrogens (tertiary/aromatic N) is 2. The van der Waals surface area contributed by atoms with Crippen LogP contribution in [0.5, 0.6) is 5.75 Å². The molecule has 17 heavy (non-hydrogen) atoms. The van der Waals surface area contributed by atoms with E-state index < -0.39 is 0 Å². The largest absolute Gasteiger partial charge is 0.489 e. The highest BCUT2D eigenvalue weighted by atomic mass is 35.5. The number of hydrogen-bond acceptors (Lipinski definition) is 3. The molecule has 0 bridgehead atoms. The summed E-state index contributed by atoms with van der Waals surface area (Å²) in [7, 11) is 0. The predicted molar refractivity (Wildman–Crippen MR) is 69.6 cm³/mol. The zero-order valence-electron chi connectivity index (χ0n) is 10.4. The molecule has 0 atom stereocenters. The molecule has 94 valence electrons. The minimum absolute atomic E-state index is 0.297. The molecule has 1 aliphatic rings. The van der Waals surface area contributed by atoms with Crippen molar-refractivity contribution in [2.24, 2.45) is 0 Å². The Balaban J connectivity index is 1.86. The molecule has 1 saturated heterocycles. The third-order valence-electron chi connectivity index (χ3n) is 3.19. The van der Waals surface area contributed by atoms with Gasteiger partial charge in [0.15, 0.2) is 0 Å². The normalized spacial score (nSPS) is 18.6. The van der Waals surface area contributed by atoms with Crippen molar-refractivity contribution in [2.45, 2.75) is 38.8 Å². The van der Waals surface area contributed by atoms with Crippen molar-refractivity contribution >= 4 is 11.6 Å². The second-order valence-corrected chi connectivity index (χ2v) is 5.22. The quantitative estimate of drug-likeness (QED) is 0.829. The summed E-state index contributed by atoms with van der Waals surface area (Å²) in [6, 6.07) is 2.45. The fourth-order valence-electron chi connectivity index (χ4n) is 2.16. The second-order valence-electron chi connectivity index (χ2n) is 4.79. The average molecular weight is 255 g/mol. The number of rotatable bonds is 3. The van der Waals surface area contributed by atoms with Crippen LogP contribution in [0.15, 0.2) is 18.5 Å². The molecule has 0 spiro atoms. The lowest BCUT2D eigenvalue weighted by Crippen LogP contribution is -2.41. The molecule has 2 heterocycles. The van der Waals surface area contributed by atoms with Gasteiger partial charge < -0.3 is 9.64 Å². The van der Waals surface area contributed by atoms with Crippen LogP contribution in [0.4, 0.5) is 0 Å². The summed E-state index contributed by atoms with van der Waals surface area (Å²) in [6.07, 6.45) is 5.79. The Labute approximate surface area is 108 Å². The summed E-state index contributed by atoms with van der Waals surface area (Å²) in [5.41, 5.74) is 0. The number of likely N-dealkylation sites (tertiary alicyclic amines) is 1. The first-order valence-corrected chi connectivity index (χ1v) is 6.54. The van der Waals surface area contributed by atoms with Gasteiger partial charge in [-0.15, -0.1) is 0 Å². The van der Waals surface area contributed by atoms with Crippen LogP contribution < -0.4 is 4.74 Å². The Kier molecular flexibility index (Phi) is 4.24. The molecule has 0 amide bonds. The molecule has 0 aromatic carbocycles. The molecule has 0 unspecified atom stereocenters. The minimum Gasteiger partial charge on any atom is -0.489 e. The van der Waals surface area contributed by atoms with E-state index in [0.717, 1.165) is 31.7 Å². The molecule has 1 aromatic rings. The van der Waals surface area contributed by atoms with Gasteiger partial charge in [-0.25, -0.2) is 0 Å². The van der Waals surface area contributed by atoms with Crippen molar-refractivity contribution in [1.29, 1.82) is 0 Å². The van der Waals surface area contributed by atoms with Gasteiger partial charge in [-0.1, -0.05) is 11.6 Å². The van der Waals surface area contributed by atoms with E-state index in [1.54, 1.807) is 12.4 Å². The lowest BCUT2D eigenvalue weighted by Gasteiger charge is -2.34. The Bertz CT molecular complexity index is 362. The Morgan fingerprint density at radius 3 is 2.65 bits per heavy atom. The smallest absolute Gasteiger partial charge is 0.139 e. The van der Waals surface area contributed by atoms with Crippen LogP contribution in [0.3, 0.4) is 0 Å². The molecule has 2 rings (SSSR count). The maximum atomic E-state index is 5.89. The van der Waals surface area contributed by atoms with E-state index in [1.807, 2.05) is 6.07 Å². The first kappa shape index (κ1) is 12.7. The van der Waals surface area contributed by atoms with Crippen molar-refractivity contribution in [3.8, 4) is 5.75 Å². The summed E-state index contributed by atoms with van der Waals surface area (Å²) in [6.45, 7) is 6.69. The third kappa shape index (κ3) is 3.58. The van der Waals surface area contributed by atoms with Gasteiger partial charge in [0.05, 0.1) is 11.2 Å².